The van der Waals surface area contributed by atoms with E-state index in [0.29, 0.717) is 18.0 Å². The minimum absolute atomic E-state index is 0.0704. The SMILES string of the molecule is CCc1nc(-c2cccc(COC)c2)[nH]c(=O)c1C. The van der Waals surface area contributed by atoms with Crippen LogP contribution in [0.5, 0.6) is 0 Å². The number of nitrogens with one attached hydrogen (secondary N) is 1. The van der Waals surface area contributed by atoms with Gasteiger partial charge in [0.15, 0.2) is 0 Å². The van der Waals surface area contributed by atoms with Crippen LogP contribution in [0.4, 0.5) is 0 Å². The van der Waals surface area contributed by atoms with Gasteiger partial charge in [0.25, 0.3) is 5.56 Å². The maximum atomic E-state index is 11.9. The molecule has 19 heavy (non-hydrogen) atoms. The third kappa shape index (κ3) is 2.90. The Morgan fingerprint density at radius 2 is 2.16 bits per heavy atom. The first-order valence-corrected chi connectivity index (χ1v) is 6.33. The quantitative estimate of drug-likeness (QED) is 0.916. The maximum absolute atomic E-state index is 11.9. The summed E-state index contributed by atoms with van der Waals surface area (Å²) >= 11 is 0. The minimum Gasteiger partial charge on any atom is -0.380 e. The van der Waals surface area contributed by atoms with E-state index in [0.717, 1.165) is 23.2 Å². The number of rotatable bonds is 4. The van der Waals surface area contributed by atoms with Crippen molar-refractivity contribution in [3.8, 4) is 11.4 Å². The molecular weight excluding hydrogens is 240 g/mol. The van der Waals surface area contributed by atoms with Crippen LogP contribution in [0.25, 0.3) is 11.4 Å². The Labute approximate surface area is 112 Å². The summed E-state index contributed by atoms with van der Waals surface area (Å²) in [6, 6.07) is 7.85. The number of aryl methyl sites for hydroxylation is 1. The Bertz CT molecular complexity index is 632. The lowest BCUT2D eigenvalue weighted by molar-refractivity contribution is 0.185. The molecule has 0 saturated carbocycles. The lowest BCUT2D eigenvalue weighted by Crippen LogP contribution is -2.15. The number of nitrogens with zero attached hydrogens (tertiary/aromatic N) is 1. The zero-order valence-electron chi connectivity index (χ0n) is 11.5. The maximum Gasteiger partial charge on any atom is 0.254 e. The summed E-state index contributed by atoms with van der Waals surface area (Å²) in [4.78, 5) is 19.2. The zero-order chi connectivity index (χ0) is 13.8. The molecule has 4 heteroatoms. The highest BCUT2D eigenvalue weighted by Crippen LogP contribution is 2.17. The standard InChI is InChI=1S/C15H18N2O2/c1-4-13-10(2)15(18)17-14(16-13)12-7-5-6-11(8-12)9-19-3/h5-8H,4,9H2,1-3H3,(H,16,17,18). The van der Waals surface area contributed by atoms with Crippen molar-refractivity contribution in [2.24, 2.45) is 0 Å². The van der Waals surface area contributed by atoms with Crippen molar-refractivity contribution in [1.29, 1.82) is 0 Å². The van der Waals surface area contributed by atoms with Crippen LogP contribution in [0.15, 0.2) is 29.1 Å². The van der Waals surface area contributed by atoms with Crippen LogP contribution < -0.4 is 5.56 Å². The summed E-state index contributed by atoms with van der Waals surface area (Å²) in [7, 11) is 1.66. The van der Waals surface area contributed by atoms with Gasteiger partial charge in [0.2, 0.25) is 0 Å². The van der Waals surface area contributed by atoms with Crippen LogP contribution in [0.3, 0.4) is 0 Å². The molecule has 2 aromatic rings. The van der Waals surface area contributed by atoms with Crippen molar-refractivity contribution in [3.63, 3.8) is 0 Å². The summed E-state index contributed by atoms with van der Waals surface area (Å²) in [5.41, 5.74) is 3.43. The van der Waals surface area contributed by atoms with Gasteiger partial charge in [-0.3, -0.25) is 4.79 Å². The molecule has 0 unspecified atom stereocenters. The summed E-state index contributed by atoms with van der Waals surface area (Å²) in [5.74, 6) is 0.616. The number of ether oxygens (including phenoxy) is 1. The number of H-pyrrole nitrogens is 1. The van der Waals surface area contributed by atoms with Crippen LogP contribution in [0.1, 0.15) is 23.7 Å². The van der Waals surface area contributed by atoms with E-state index < -0.39 is 0 Å². The molecule has 0 bridgehead atoms. The van der Waals surface area contributed by atoms with E-state index in [1.165, 1.54) is 0 Å². The first-order valence-electron chi connectivity index (χ1n) is 6.33. The fourth-order valence-electron chi connectivity index (χ4n) is 2.04. The first kappa shape index (κ1) is 13.5. The van der Waals surface area contributed by atoms with Gasteiger partial charge in [-0.2, -0.15) is 0 Å². The van der Waals surface area contributed by atoms with Gasteiger partial charge in [-0.1, -0.05) is 25.1 Å². The van der Waals surface area contributed by atoms with E-state index in [-0.39, 0.29) is 5.56 Å². The average molecular weight is 258 g/mol. The second kappa shape index (κ2) is 5.80. The molecule has 0 fully saturated rings. The van der Waals surface area contributed by atoms with Crippen molar-refractivity contribution >= 4 is 0 Å². The smallest absolute Gasteiger partial charge is 0.254 e. The second-order valence-corrected chi connectivity index (χ2v) is 4.47. The number of methoxy groups -OCH3 is 1. The summed E-state index contributed by atoms with van der Waals surface area (Å²) < 4.78 is 5.11. The molecule has 0 aliphatic rings. The normalized spacial score (nSPS) is 10.7. The molecule has 0 aliphatic carbocycles. The molecule has 1 heterocycles. The summed E-state index contributed by atoms with van der Waals surface area (Å²) in [6.07, 6.45) is 0.751. The van der Waals surface area contributed by atoms with E-state index in [9.17, 15) is 4.79 Å². The predicted octanol–water partition coefficient (Wildman–Crippen LogP) is 2.45. The van der Waals surface area contributed by atoms with Gasteiger partial charge in [0.05, 0.1) is 12.3 Å². The topological polar surface area (TPSA) is 55.0 Å². The fraction of sp³-hybridized carbons (Fsp3) is 0.333. The highest BCUT2D eigenvalue weighted by molar-refractivity contribution is 5.56. The van der Waals surface area contributed by atoms with Crippen LogP contribution in [-0.4, -0.2) is 17.1 Å². The van der Waals surface area contributed by atoms with Crippen LogP contribution in [0, 0.1) is 6.92 Å². The number of aromatic nitrogens is 2. The highest BCUT2D eigenvalue weighted by atomic mass is 16.5. The third-order valence-corrected chi connectivity index (χ3v) is 3.10. The van der Waals surface area contributed by atoms with Crippen LogP contribution in [0.2, 0.25) is 0 Å². The minimum atomic E-state index is -0.0704. The molecule has 0 saturated heterocycles. The fourth-order valence-corrected chi connectivity index (χ4v) is 2.04. The van der Waals surface area contributed by atoms with Gasteiger partial charge in [-0.05, 0) is 25.0 Å². The number of benzene rings is 1. The zero-order valence-corrected chi connectivity index (χ0v) is 11.5. The van der Waals surface area contributed by atoms with Crippen molar-refractivity contribution < 1.29 is 4.74 Å². The van der Waals surface area contributed by atoms with Gasteiger partial charge >= 0.3 is 0 Å². The number of hydrogen-bond acceptors (Lipinski definition) is 3. The van der Waals surface area contributed by atoms with Crippen LogP contribution in [-0.2, 0) is 17.8 Å². The van der Waals surface area contributed by atoms with Crippen molar-refractivity contribution in [2.45, 2.75) is 26.9 Å². The highest BCUT2D eigenvalue weighted by Gasteiger charge is 2.08. The van der Waals surface area contributed by atoms with Gasteiger partial charge in [-0.25, -0.2) is 4.98 Å². The van der Waals surface area contributed by atoms with Crippen molar-refractivity contribution in [2.75, 3.05) is 7.11 Å². The molecule has 100 valence electrons. The molecule has 0 atom stereocenters. The van der Waals surface area contributed by atoms with Crippen molar-refractivity contribution in [3.05, 3.63) is 51.4 Å². The van der Waals surface area contributed by atoms with Gasteiger partial charge in [0, 0.05) is 18.2 Å². The molecule has 1 aromatic carbocycles. The summed E-state index contributed by atoms with van der Waals surface area (Å²) in [6.45, 7) is 4.35. The molecule has 0 amide bonds. The Balaban J connectivity index is 2.49. The van der Waals surface area contributed by atoms with Crippen molar-refractivity contribution in [1.82, 2.24) is 9.97 Å². The van der Waals surface area contributed by atoms with Gasteiger partial charge < -0.3 is 9.72 Å². The third-order valence-electron chi connectivity index (χ3n) is 3.10. The summed E-state index contributed by atoms with van der Waals surface area (Å²) in [5, 5.41) is 0. The Kier molecular flexibility index (Phi) is 4.12. The van der Waals surface area contributed by atoms with E-state index in [1.54, 1.807) is 14.0 Å². The molecule has 0 aliphatic heterocycles. The Morgan fingerprint density at radius 1 is 1.37 bits per heavy atom. The second-order valence-electron chi connectivity index (χ2n) is 4.47. The number of hydrogen-bond donors (Lipinski definition) is 1. The average Bonchev–Trinajstić information content (AvgIpc) is 2.42. The Hall–Kier alpha value is -1.94. The molecule has 4 nitrogen and oxygen atoms in total. The molecule has 0 spiro atoms. The van der Waals surface area contributed by atoms with E-state index >= 15 is 0 Å². The lowest BCUT2D eigenvalue weighted by Gasteiger charge is -2.07. The molecular formula is C15H18N2O2. The molecule has 1 aromatic heterocycles. The predicted molar refractivity (Wildman–Crippen MR) is 75.1 cm³/mol. The Morgan fingerprint density at radius 3 is 2.84 bits per heavy atom. The van der Waals surface area contributed by atoms with E-state index in [1.807, 2.05) is 31.2 Å². The first-order chi connectivity index (χ1) is 9.15. The van der Waals surface area contributed by atoms with Gasteiger partial charge in [-0.15, -0.1) is 0 Å². The van der Waals surface area contributed by atoms with E-state index in [2.05, 4.69) is 9.97 Å². The van der Waals surface area contributed by atoms with E-state index in [4.69, 9.17) is 4.74 Å². The number of aromatic amines is 1. The monoisotopic (exact) mass is 258 g/mol. The largest absolute Gasteiger partial charge is 0.380 e. The molecule has 2 rings (SSSR count). The molecule has 0 radical (unpaired) electrons. The van der Waals surface area contributed by atoms with Gasteiger partial charge in [0.1, 0.15) is 5.82 Å². The van der Waals surface area contributed by atoms with Crippen LogP contribution >= 0.6 is 0 Å². The lowest BCUT2D eigenvalue weighted by atomic mass is 10.1. The molecule has 1 N–H and O–H groups in total.